The number of halogens is 1. The summed E-state index contributed by atoms with van der Waals surface area (Å²) in [7, 11) is 1.48. The molecule has 112 valence electrons. The maximum Gasteiger partial charge on any atom is 0.255 e. The fourth-order valence-corrected chi connectivity index (χ4v) is 2.54. The van der Waals surface area contributed by atoms with E-state index in [1.54, 1.807) is 6.92 Å². The van der Waals surface area contributed by atoms with Crippen LogP contribution >= 0.6 is 0 Å². The van der Waals surface area contributed by atoms with Crippen molar-refractivity contribution in [3.8, 4) is 0 Å². The van der Waals surface area contributed by atoms with Gasteiger partial charge in [-0.1, -0.05) is 0 Å². The predicted octanol–water partition coefficient (Wildman–Crippen LogP) is 1.18. The van der Waals surface area contributed by atoms with Gasteiger partial charge in [-0.05, 0) is 36.6 Å². The number of rotatable bonds is 5. The molecular formula is C15H17FN2O3. The van der Waals surface area contributed by atoms with Gasteiger partial charge in [-0.15, -0.1) is 0 Å². The lowest BCUT2D eigenvalue weighted by molar-refractivity contribution is -0.125. The summed E-state index contributed by atoms with van der Waals surface area (Å²) in [6, 6.07) is 2.13. The minimum atomic E-state index is -0.719. The van der Waals surface area contributed by atoms with Gasteiger partial charge in [0.1, 0.15) is 18.1 Å². The first-order valence-corrected chi connectivity index (χ1v) is 6.74. The van der Waals surface area contributed by atoms with E-state index in [1.807, 2.05) is 0 Å². The molecule has 0 spiro atoms. The standard InChI is InChI=1S/C15H17FN2O3/c1-9-6-11-10(7-12(9)16)8-18(15(11)21)13(4-3-5-19)14(20)17-2/h5-7,13H,3-4,8H2,1-2H3,(H,17,20). The van der Waals surface area contributed by atoms with Crippen LogP contribution in [-0.2, 0) is 16.1 Å². The molecule has 6 heteroatoms. The van der Waals surface area contributed by atoms with Gasteiger partial charge in [-0.3, -0.25) is 9.59 Å². The third-order valence-electron chi connectivity index (χ3n) is 3.70. The van der Waals surface area contributed by atoms with E-state index in [-0.39, 0.29) is 37.0 Å². The molecule has 0 radical (unpaired) electrons. The molecule has 0 saturated heterocycles. The molecule has 21 heavy (non-hydrogen) atoms. The van der Waals surface area contributed by atoms with Crippen LogP contribution in [0.25, 0.3) is 0 Å². The largest absolute Gasteiger partial charge is 0.357 e. The molecule has 0 aromatic heterocycles. The Hall–Kier alpha value is -2.24. The van der Waals surface area contributed by atoms with Crippen molar-refractivity contribution in [3.63, 3.8) is 0 Å². The molecule has 0 saturated carbocycles. The predicted molar refractivity (Wildman–Crippen MR) is 74.2 cm³/mol. The molecule has 1 atom stereocenters. The van der Waals surface area contributed by atoms with E-state index in [0.29, 0.717) is 23.0 Å². The van der Waals surface area contributed by atoms with Gasteiger partial charge in [0.25, 0.3) is 5.91 Å². The summed E-state index contributed by atoms with van der Waals surface area (Å²) < 4.78 is 13.6. The summed E-state index contributed by atoms with van der Waals surface area (Å²) in [4.78, 5) is 36.3. The number of nitrogens with zero attached hydrogens (tertiary/aromatic N) is 1. The fourth-order valence-electron chi connectivity index (χ4n) is 2.54. The number of nitrogens with one attached hydrogen (secondary N) is 1. The smallest absolute Gasteiger partial charge is 0.255 e. The summed E-state index contributed by atoms with van der Waals surface area (Å²) in [5.74, 6) is -0.990. The third kappa shape index (κ3) is 2.79. The molecule has 1 aliphatic heterocycles. The molecule has 5 nitrogen and oxygen atoms in total. The maximum absolute atomic E-state index is 13.6. The first-order chi connectivity index (χ1) is 9.99. The van der Waals surface area contributed by atoms with E-state index in [2.05, 4.69) is 5.32 Å². The second kappa shape index (κ2) is 6.03. The zero-order valence-corrected chi connectivity index (χ0v) is 12.0. The third-order valence-corrected chi connectivity index (χ3v) is 3.70. The van der Waals surface area contributed by atoms with Crippen molar-refractivity contribution in [2.75, 3.05) is 7.05 Å². The van der Waals surface area contributed by atoms with Crippen molar-refractivity contribution in [2.24, 2.45) is 0 Å². The number of carbonyl (C=O) groups excluding carboxylic acids is 3. The Morgan fingerprint density at radius 1 is 1.52 bits per heavy atom. The van der Waals surface area contributed by atoms with Gasteiger partial charge in [0.15, 0.2) is 0 Å². The molecule has 1 aliphatic rings. The molecule has 0 fully saturated rings. The Balaban J connectivity index is 2.31. The summed E-state index contributed by atoms with van der Waals surface area (Å²) in [5, 5.41) is 2.50. The van der Waals surface area contributed by atoms with Crippen molar-refractivity contribution in [1.82, 2.24) is 10.2 Å². The van der Waals surface area contributed by atoms with Crippen LogP contribution in [0.4, 0.5) is 4.39 Å². The fraction of sp³-hybridized carbons (Fsp3) is 0.400. The number of carbonyl (C=O) groups is 3. The van der Waals surface area contributed by atoms with Crippen molar-refractivity contribution in [1.29, 1.82) is 0 Å². The number of hydrogen-bond acceptors (Lipinski definition) is 3. The van der Waals surface area contributed by atoms with Gasteiger partial charge >= 0.3 is 0 Å². The van der Waals surface area contributed by atoms with Gasteiger partial charge < -0.3 is 15.0 Å². The van der Waals surface area contributed by atoms with Crippen LogP contribution in [0.3, 0.4) is 0 Å². The van der Waals surface area contributed by atoms with Crippen LogP contribution in [0.5, 0.6) is 0 Å². The van der Waals surface area contributed by atoms with E-state index >= 15 is 0 Å². The van der Waals surface area contributed by atoms with Crippen LogP contribution in [0.15, 0.2) is 12.1 Å². The Morgan fingerprint density at radius 3 is 2.86 bits per heavy atom. The lowest BCUT2D eigenvalue weighted by atomic mass is 10.1. The van der Waals surface area contributed by atoms with Gasteiger partial charge in [-0.2, -0.15) is 0 Å². The van der Waals surface area contributed by atoms with Gasteiger partial charge in [0.2, 0.25) is 5.91 Å². The first kappa shape index (κ1) is 15.2. The molecule has 1 N–H and O–H groups in total. The number of fused-ring (bicyclic) bond motifs is 1. The zero-order chi connectivity index (χ0) is 15.6. The zero-order valence-electron chi connectivity index (χ0n) is 12.0. The number of benzene rings is 1. The molecule has 1 aromatic carbocycles. The minimum absolute atomic E-state index is 0.183. The SMILES string of the molecule is CNC(=O)C(CCC=O)N1Cc2cc(F)c(C)cc2C1=O. The molecular weight excluding hydrogens is 275 g/mol. The molecule has 1 aromatic rings. The highest BCUT2D eigenvalue weighted by atomic mass is 19.1. The molecule has 2 amide bonds. The van der Waals surface area contributed by atoms with Gasteiger partial charge in [0, 0.05) is 25.6 Å². The van der Waals surface area contributed by atoms with E-state index in [9.17, 15) is 18.8 Å². The van der Waals surface area contributed by atoms with E-state index in [0.717, 1.165) is 0 Å². The van der Waals surface area contributed by atoms with E-state index in [4.69, 9.17) is 0 Å². The topological polar surface area (TPSA) is 66.5 Å². The van der Waals surface area contributed by atoms with E-state index < -0.39 is 6.04 Å². The van der Waals surface area contributed by atoms with Crippen LogP contribution in [0.2, 0.25) is 0 Å². The average molecular weight is 292 g/mol. The average Bonchev–Trinajstić information content (AvgIpc) is 2.77. The minimum Gasteiger partial charge on any atom is -0.357 e. The molecule has 1 heterocycles. The summed E-state index contributed by atoms with van der Waals surface area (Å²) in [5.41, 5.74) is 1.39. The Kier molecular flexibility index (Phi) is 4.35. The second-order valence-electron chi connectivity index (χ2n) is 5.07. The number of likely N-dealkylation sites (N-methyl/N-ethyl adjacent to an activating group) is 1. The van der Waals surface area contributed by atoms with Crippen molar-refractivity contribution < 1.29 is 18.8 Å². The summed E-state index contributed by atoms with van der Waals surface area (Å²) in [6.45, 7) is 1.77. The molecule has 0 bridgehead atoms. The first-order valence-electron chi connectivity index (χ1n) is 6.74. The Bertz CT molecular complexity index is 601. The van der Waals surface area contributed by atoms with Crippen LogP contribution in [-0.4, -0.2) is 36.1 Å². The van der Waals surface area contributed by atoms with Crippen molar-refractivity contribution in [2.45, 2.75) is 32.4 Å². The number of aryl methyl sites for hydroxylation is 1. The number of aldehydes is 1. The summed E-state index contributed by atoms with van der Waals surface area (Å²) >= 11 is 0. The number of hydrogen-bond donors (Lipinski definition) is 1. The van der Waals surface area contributed by atoms with Crippen molar-refractivity contribution in [3.05, 3.63) is 34.6 Å². The quantitative estimate of drug-likeness (QED) is 0.829. The highest BCUT2D eigenvalue weighted by Crippen LogP contribution is 2.28. The maximum atomic E-state index is 13.6. The van der Waals surface area contributed by atoms with Crippen LogP contribution < -0.4 is 5.32 Å². The highest BCUT2D eigenvalue weighted by molar-refractivity contribution is 6.01. The lowest BCUT2D eigenvalue weighted by Gasteiger charge is -2.25. The molecule has 0 aliphatic carbocycles. The lowest BCUT2D eigenvalue weighted by Crippen LogP contribution is -2.46. The van der Waals surface area contributed by atoms with Gasteiger partial charge in [-0.25, -0.2) is 4.39 Å². The molecule has 2 rings (SSSR count). The Labute approximate surface area is 122 Å². The van der Waals surface area contributed by atoms with E-state index in [1.165, 1.54) is 24.1 Å². The molecule has 1 unspecified atom stereocenters. The number of amides is 2. The summed E-state index contributed by atoms with van der Waals surface area (Å²) in [6.07, 6.45) is 1.16. The monoisotopic (exact) mass is 292 g/mol. The normalized spacial score (nSPS) is 14.8. The highest BCUT2D eigenvalue weighted by Gasteiger charge is 2.36. The second-order valence-corrected chi connectivity index (χ2v) is 5.07. The Morgan fingerprint density at radius 2 is 2.24 bits per heavy atom. The van der Waals surface area contributed by atoms with Crippen molar-refractivity contribution >= 4 is 18.1 Å². The van der Waals surface area contributed by atoms with Crippen LogP contribution in [0, 0.1) is 12.7 Å². The van der Waals surface area contributed by atoms with Gasteiger partial charge in [0.05, 0.1) is 0 Å². The van der Waals surface area contributed by atoms with Crippen LogP contribution in [0.1, 0.15) is 34.3 Å².